The van der Waals surface area contributed by atoms with Crippen LogP contribution in [-0.2, 0) is 12.7 Å². The third-order valence-corrected chi connectivity index (χ3v) is 2.94. The van der Waals surface area contributed by atoms with Crippen LogP contribution in [0.15, 0.2) is 47.4 Å². The summed E-state index contributed by atoms with van der Waals surface area (Å²) in [7, 11) is -1.62. The van der Waals surface area contributed by atoms with Crippen LogP contribution in [-0.4, -0.2) is 21.7 Å². The average molecular weight is 297 g/mol. The smallest absolute Gasteiger partial charge is 0.423 e. The Morgan fingerprint density at radius 2 is 1.67 bits per heavy atom. The summed E-state index contributed by atoms with van der Waals surface area (Å²) in [5, 5.41) is 17.9. The zero-order valence-electron chi connectivity index (χ0n) is 10.7. The van der Waals surface area contributed by atoms with E-state index in [4.69, 9.17) is 10.0 Å². The van der Waals surface area contributed by atoms with E-state index >= 15 is 0 Å². The van der Waals surface area contributed by atoms with Gasteiger partial charge in [-0.2, -0.15) is 13.2 Å². The Balaban J connectivity index is 2.28. The molecule has 1 aromatic carbocycles. The maximum absolute atomic E-state index is 12.6. The number of aromatic nitrogens is 1. The number of hydrogen-bond acceptors (Lipinski definition) is 3. The number of hydrogen-bond donors (Lipinski definition) is 2. The molecule has 0 radical (unpaired) electrons. The van der Waals surface area contributed by atoms with Crippen molar-refractivity contribution in [3.05, 3.63) is 64.1 Å². The highest BCUT2D eigenvalue weighted by molar-refractivity contribution is 6.58. The summed E-state index contributed by atoms with van der Waals surface area (Å²) < 4.78 is 38.8. The fourth-order valence-corrected chi connectivity index (χ4v) is 1.81. The summed E-state index contributed by atoms with van der Waals surface area (Å²) in [5.41, 5.74) is -0.616. The molecule has 2 N–H and O–H groups in total. The van der Waals surface area contributed by atoms with Crippen LogP contribution in [0, 0.1) is 0 Å². The van der Waals surface area contributed by atoms with Crippen LogP contribution in [0.25, 0.3) is 0 Å². The minimum absolute atomic E-state index is 0.0371. The van der Waals surface area contributed by atoms with Gasteiger partial charge < -0.3 is 14.6 Å². The highest BCUT2D eigenvalue weighted by Gasteiger charge is 2.31. The second-order valence-electron chi connectivity index (χ2n) is 4.50. The summed E-state index contributed by atoms with van der Waals surface area (Å²) >= 11 is 0. The average Bonchev–Trinajstić information content (AvgIpc) is 2.40. The first-order chi connectivity index (χ1) is 9.77. The van der Waals surface area contributed by atoms with Gasteiger partial charge in [-0.05, 0) is 17.1 Å². The molecule has 0 fully saturated rings. The maximum Gasteiger partial charge on any atom is 0.488 e. The standard InChI is InChI=1S/C13H11BF3NO3/c15-13(16,17)10-3-6-12(19)18(8-10)7-9-1-4-11(5-2-9)14(20)21/h1-6,8,20-21H,7H2. The first-order valence-electron chi connectivity index (χ1n) is 6.00. The number of alkyl halides is 3. The van der Waals surface area contributed by atoms with Crippen LogP contribution < -0.4 is 11.0 Å². The van der Waals surface area contributed by atoms with Crippen LogP contribution in [0.2, 0.25) is 0 Å². The first kappa shape index (κ1) is 15.3. The van der Waals surface area contributed by atoms with E-state index in [-0.39, 0.29) is 12.0 Å². The second-order valence-corrected chi connectivity index (χ2v) is 4.50. The molecule has 0 spiro atoms. The Labute approximate surface area is 118 Å². The Bertz CT molecular complexity index is 680. The van der Waals surface area contributed by atoms with Crippen molar-refractivity contribution in [2.24, 2.45) is 0 Å². The summed E-state index contributed by atoms with van der Waals surface area (Å²) in [6.45, 7) is -0.0371. The predicted octanol–water partition coefficient (Wildman–Crippen LogP) is 0.595. The van der Waals surface area contributed by atoms with Crippen molar-refractivity contribution in [3.8, 4) is 0 Å². The van der Waals surface area contributed by atoms with E-state index in [0.717, 1.165) is 22.9 Å². The molecule has 0 atom stereocenters. The second kappa shape index (κ2) is 5.75. The predicted molar refractivity (Wildman–Crippen MR) is 71.1 cm³/mol. The highest BCUT2D eigenvalue weighted by Crippen LogP contribution is 2.28. The Morgan fingerprint density at radius 1 is 1.05 bits per heavy atom. The van der Waals surface area contributed by atoms with Gasteiger partial charge in [0, 0.05) is 12.3 Å². The van der Waals surface area contributed by atoms with Gasteiger partial charge in [0.1, 0.15) is 0 Å². The topological polar surface area (TPSA) is 62.5 Å². The quantitative estimate of drug-likeness (QED) is 0.815. The summed E-state index contributed by atoms with van der Waals surface area (Å²) in [6.07, 6.45) is -3.75. The highest BCUT2D eigenvalue weighted by atomic mass is 19.4. The zero-order chi connectivity index (χ0) is 15.6. The van der Waals surface area contributed by atoms with Crippen LogP contribution in [0.5, 0.6) is 0 Å². The van der Waals surface area contributed by atoms with Gasteiger partial charge in [0.15, 0.2) is 0 Å². The van der Waals surface area contributed by atoms with Gasteiger partial charge in [-0.15, -0.1) is 0 Å². The van der Waals surface area contributed by atoms with Crippen molar-refractivity contribution in [1.29, 1.82) is 0 Å². The molecule has 110 valence electrons. The lowest BCUT2D eigenvalue weighted by Crippen LogP contribution is -2.29. The number of nitrogens with zero attached hydrogens (tertiary/aromatic N) is 1. The monoisotopic (exact) mass is 297 g/mol. The number of pyridine rings is 1. The minimum Gasteiger partial charge on any atom is -0.423 e. The molecule has 2 rings (SSSR count). The molecule has 0 amide bonds. The molecule has 0 unspecified atom stereocenters. The molecule has 1 aromatic heterocycles. The fraction of sp³-hybridized carbons (Fsp3) is 0.154. The van der Waals surface area contributed by atoms with Crippen LogP contribution in [0.3, 0.4) is 0 Å². The maximum atomic E-state index is 12.6. The van der Waals surface area contributed by atoms with Gasteiger partial charge in [0.25, 0.3) is 5.56 Å². The molecule has 0 aliphatic carbocycles. The van der Waals surface area contributed by atoms with E-state index in [2.05, 4.69) is 0 Å². The van der Waals surface area contributed by atoms with E-state index in [9.17, 15) is 18.0 Å². The van der Waals surface area contributed by atoms with Crippen LogP contribution >= 0.6 is 0 Å². The summed E-state index contributed by atoms with van der Waals surface area (Å²) in [5.74, 6) is 0. The van der Waals surface area contributed by atoms with Gasteiger partial charge in [0.2, 0.25) is 0 Å². The molecular formula is C13H11BF3NO3. The summed E-state index contributed by atoms with van der Waals surface area (Å²) in [4.78, 5) is 11.6. The molecule has 0 aliphatic rings. The van der Waals surface area contributed by atoms with Crippen molar-refractivity contribution >= 4 is 12.6 Å². The Morgan fingerprint density at radius 3 is 2.19 bits per heavy atom. The van der Waals surface area contributed by atoms with E-state index in [1.54, 1.807) is 0 Å². The normalized spacial score (nSPS) is 11.5. The lowest BCUT2D eigenvalue weighted by molar-refractivity contribution is -0.138. The SMILES string of the molecule is O=c1ccc(C(F)(F)F)cn1Cc1ccc(B(O)O)cc1. The van der Waals surface area contributed by atoms with Gasteiger partial charge in [-0.25, -0.2) is 0 Å². The van der Waals surface area contributed by atoms with Gasteiger partial charge in [-0.3, -0.25) is 4.79 Å². The van der Waals surface area contributed by atoms with Crippen molar-refractivity contribution in [2.45, 2.75) is 12.7 Å². The minimum atomic E-state index is -4.51. The first-order valence-corrected chi connectivity index (χ1v) is 6.00. The molecule has 4 nitrogen and oxygen atoms in total. The van der Waals surface area contributed by atoms with Gasteiger partial charge in [-0.1, -0.05) is 24.3 Å². The Kier molecular flexibility index (Phi) is 4.20. The van der Waals surface area contributed by atoms with E-state index in [0.29, 0.717) is 5.56 Å². The third kappa shape index (κ3) is 3.74. The number of rotatable bonds is 3. The zero-order valence-corrected chi connectivity index (χ0v) is 10.7. The summed E-state index contributed by atoms with van der Waals surface area (Å²) in [6, 6.07) is 7.50. The number of benzene rings is 1. The van der Waals surface area contributed by atoms with E-state index < -0.39 is 24.4 Å². The van der Waals surface area contributed by atoms with E-state index in [1.165, 1.54) is 24.3 Å². The third-order valence-electron chi connectivity index (χ3n) is 2.94. The van der Waals surface area contributed by atoms with Crippen molar-refractivity contribution in [3.63, 3.8) is 0 Å². The molecule has 0 bridgehead atoms. The molecule has 0 saturated heterocycles. The molecule has 8 heteroatoms. The molecule has 21 heavy (non-hydrogen) atoms. The lowest BCUT2D eigenvalue weighted by atomic mass is 9.80. The van der Waals surface area contributed by atoms with Gasteiger partial charge >= 0.3 is 13.3 Å². The number of halogens is 3. The van der Waals surface area contributed by atoms with Crippen molar-refractivity contribution < 1.29 is 23.2 Å². The molecular weight excluding hydrogens is 286 g/mol. The van der Waals surface area contributed by atoms with Crippen molar-refractivity contribution in [1.82, 2.24) is 4.57 Å². The van der Waals surface area contributed by atoms with Crippen LogP contribution in [0.4, 0.5) is 13.2 Å². The van der Waals surface area contributed by atoms with E-state index in [1.807, 2.05) is 0 Å². The Hall–Kier alpha value is -2.06. The van der Waals surface area contributed by atoms with Crippen molar-refractivity contribution in [2.75, 3.05) is 0 Å². The molecule has 1 heterocycles. The largest absolute Gasteiger partial charge is 0.488 e. The fourth-order valence-electron chi connectivity index (χ4n) is 1.81. The molecule has 0 saturated carbocycles. The van der Waals surface area contributed by atoms with Crippen LogP contribution in [0.1, 0.15) is 11.1 Å². The lowest BCUT2D eigenvalue weighted by Gasteiger charge is -2.11. The molecule has 0 aliphatic heterocycles. The van der Waals surface area contributed by atoms with Gasteiger partial charge in [0.05, 0.1) is 12.1 Å². The molecule has 2 aromatic rings.